The van der Waals surface area contributed by atoms with Crippen LogP contribution < -0.4 is 5.32 Å². The minimum absolute atomic E-state index is 0.0469. The molecule has 1 aliphatic rings. The summed E-state index contributed by atoms with van der Waals surface area (Å²) in [5, 5.41) is 12.6. The van der Waals surface area contributed by atoms with Gasteiger partial charge in [-0.2, -0.15) is 0 Å². The van der Waals surface area contributed by atoms with E-state index in [0.29, 0.717) is 28.2 Å². The lowest BCUT2D eigenvalue weighted by Gasteiger charge is -2.15. The molecule has 1 aliphatic heterocycles. The number of aromatic nitrogens is 3. The van der Waals surface area contributed by atoms with Crippen molar-refractivity contribution >= 4 is 46.6 Å². The molecule has 2 heterocycles. The van der Waals surface area contributed by atoms with Crippen LogP contribution in [0.1, 0.15) is 12.8 Å². The summed E-state index contributed by atoms with van der Waals surface area (Å²) in [6.07, 6.45) is 2.07. The molecule has 0 spiro atoms. The lowest BCUT2D eigenvalue weighted by atomic mass is 10.2. The number of thioether (sulfide) groups is 1. The van der Waals surface area contributed by atoms with E-state index >= 15 is 0 Å². The third-order valence-electron chi connectivity index (χ3n) is 4.77. The largest absolute Gasteiger partial charge is 0.376 e. The Morgan fingerprint density at radius 3 is 2.74 bits per heavy atom. The molecule has 1 amide bonds. The van der Waals surface area contributed by atoms with Crippen molar-refractivity contribution in [1.29, 1.82) is 0 Å². The number of benzene rings is 2. The van der Waals surface area contributed by atoms with Crippen LogP contribution in [0.5, 0.6) is 0 Å². The third-order valence-corrected chi connectivity index (χ3v) is 6.27. The van der Waals surface area contributed by atoms with E-state index < -0.39 is 5.82 Å². The summed E-state index contributed by atoms with van der Waals surface area (Å²) < 4.78 is 21.1. The van der Waals surface area contributed by atoms with Gasteiger partial charge in [0.25, 0.3) is 0 Å². The zero-order valence-corrected chi connectivity index (χ0v) is 18.7. The fourth-order valence-electron chi connectivity index (χ4n) is 3.27. The maximum atomic E-state index is 13.3. The lowest BCUT2D eigenvalue weighted by molar-refractivity contribution is -0.113. The molecule has 4 rings (SSSR count). The molecule has 6 nitrogen and oxygen atoms in total. The highest BCUT2D eigenvalue weighted by atomic mass is 35.5. The Morgan fingerprint density at radius 1 is 1.23 bits per heavy atom. The number of nitrogens with zero attached hydrogens (tertiary/aromatic N) is 3. The van der Waals surface area contributed by atoms with Crippen LogP contribution in [0.3, 0.4) is 0 Å². The number of hydrogen-bond acceptors (Lipinski definition) is 5. The Labute approximate surface area is 193 Å². The van der Waals surface area contributed by atoms with E-state index in [9.17, 15) is 9.18 Å². The van der Waals surface area contributed by atoms with Crippen LogP contribution in [0.25, 0.3) is 11.4 Å². The average molecular weight is 481 g/mol. The molecule has 1 fully saturated rings. The zero-order valence-electron chi connectivity index (χ0n) is 16.4. The van der Waals surface area contributed by atoms with Gasteiger partial charge >= 0.3 is 0 Å². The predicted octanol–water partition coefficient (Wildman–Crippen LogP) is 5.30. The van der Waals surface area contributed by atoms with Gasteiger partial charge in [0.2, 0.25) is 5.91 Å². The summed E-state index contributed by atoms with van der Waals surface area (Å²) in [6, 6.07) is 11.4. The fourth-order valence-corrected chi connectivity index (χ4v) is 4.32. The molecule has 1 aromatic heterocycles. The third kappa shape index (κ3) is 5.57. The standard InChI is InChI=1S/C21H19Cl2FN4O2S/c22-14-5-3-13(4-6-14)20-26-27-21(28(20)11-16-2-1-9-30-16)31-12-19(29)25-15-7-8-18(24)17(23)10-15/h3-8,10,16H,1-2,9,11-12H2,(H,25,29)/t16-/m0/s1. The highest BCUT2D eigenvalue weighted by Crippen LogP contribution is 2.28. The Morgan fingerprint density at radius 2 is 2.03 bits per heavy atom. The summed E-state index contributed by atoms with van der Waals surface area (Å²) in [6.45, 7) is 1.34. The van der Waals surface area contributed by atoms with E-state index in [1.54, 1.807) is 12.1 Å². The summed E-state index contributed by atoms with van der Waals surface area (Å²) in [4.78, 5) is 12.4. The molecule has 162 valence electrons. The molecule has 1 saturated heterocycles. The van der Waals surface area contributed by atoms with Gasteiger partial charge in [0.05, 0.1) is 23.4 Å². The van der Waals surface area contributed by atoms with E-state index in [4.69, 9.17) is 27.9 Å². The highest BCUT2D eigenvalue weighted by Gasteiger charge is 2.22. The first kappa shape index (κ1) is 22.1. The monoisotopic (exact) mass is 480 g/mol. The first-order valence-electron chi connectivity index (χ1n) is 9.68. The molecule has 0 saturated carbocycles. The summed E-state index contributed by atoms with van der Waals surface area (Å²) >= 11 is 13.1. The number of rotatable bonds is 7. The number of ether oxygens (including phenoxy) is 1. The van der Waals surface area contributed by atoms with Crippen molar-refractivity contribution in [2.24, 2.45) is 0 Å². The normalized spacial score (nSPS) is 15.9. The predicted molar refractivity (Wildman–Crippen MR) is 120 cm³/mol. The van der Waals surface area contributed by atoms with Gasteiger partial charge < -0.3 is 10.1 Å². The van der Waals surface area contributed by atoms with Gasteiger partial charge in [-0.1, -0.05) is 35.0 Å². The van der Waals surface area contributed by atoms with Gasteiger partial charge in [0.15, 0.2) is 11.0 Å². The van der Waals surface area contributed by atoms with Crippen LogP contribution >= 0.6 is 35.0 Å². The summed E-state index contributed by atoms with van der Waals surface area (Å²) in [5.41, 5.74) is 1.31. The molecule has 0 radical (unpaired) electrons. The van der Waals surface area contributed by atoms with Crippen LogP contribution in [0, 0.1) is 5.82 Å². The molecule has 0 aliphatic carbocycles. The number of hydrogen-bond donors (Lipinski definition) is 1. The first-order valence-corrected chi connectivity index (χ1v) is 11.4. The zero-order chi connectivity index (χ0) is 21.8. The maximum absolute atomic E-state index is 13.3. The summed E-state index contributed by atoms with van der Waals surface area (Å²) in [7, 11) is 0. The van der Waals surface area contributed by atoms with Gasteiger partial charge in [0.1, 0.15) is 5.82 Å². The van der Waals surface area contributed by atoms with Crippen molar-refractivity contribution in [3.05, 3.63) is 58.3 Å². The second-order valence-electron chi connectivity index (χ2n) is 7.02. The molecule has 0 bridgehead atoms. The molecular weight excluding hydrogens is 462 g/mol. The van der Waals surface area contributed by atoms with Crippen LogP contribution in [-0.2, 0) is 16.1 Å². The minimum atomic E-state index is -0.536. The number of carbonyl (C=O) groups excluding carboxylic acids is 1. The molecule has 1 atom stereocenters. The van der Waals surface area contributed by atoms with E-state index in [0.717, 1.165) is 25.0 Å². The van der Waals surface area contributed by atoms with Crippen LogP contribution in [0.4, 0.5) is 10.1 Å². The fraction of sp³-hybridized carbons (Fsp3) is 0.286. The van der Waals surface area contributed by atoms with Gasteiger partial charge in [-0.25, -0.2) is 4.39 Å². The Hall–Kier alpha value is -2.13. The first-order chi connectivity index (χ1) is 15.0. The Balaban J connectivity index is 1.49. The van der Waals surface area contributed by atoms with Crippen molar-refractivity contribution in [3.8, 4) is 11.4 Å². The smallest absolute Gasteiger partial charge is 0.234 e. The Bertz CT molecular complexity index is 1070. The lowest BCUT2D eigenvalue weighted by Crippen LogP contribution is -2.18. The molecule has 3 aromatic rings. The molecule has 31 heavy (non-hydrogen) atoms. The molecule has 0 unspecified atom stereocenters. The summed E-state index contributed by atoms with van der Waals surface area (Å²) in [5.74, 6) is 0.0120. The quantitative estimate of drug-likeness (QED) is 0.464. The second kappa shape index (κ2) is 9.99. The van der Waals surface area contributed by atoms with Gasteiger partial charge in [-0.15, -0.1) is 10.2 Å². The maximum Gasteiger partial charge on any atom is 0.234 e. The van der Waals surface area contributed by atoms with Crippen LogP contribution in [-0.4, -0.2) is 39.1 Å². The molecular formula is C21H19Cl2FN4O2S. The molecule has 2 aromatic carbocycles. The number of halogens is 3. The number of anilines is 1. The van der Waals surface area contributed by atoms with Crippen molar-refractivity contribution in [2.75, 3.05) is 17.7 Å². The van der Waals surface area contributed by atoms with E-state index in [-0.39, 0.29) is 22.8 Å². The van der Waals surface area contributed by atoms with Crippen molar-refractivity contribution in [2.45, 2.75) is 30.6 Å². The van der Waals surface area contributed by atoms with Crippen molar-refractivity contribution in [3.63, 3.8) is 0 Å². The topological polar surface area (TPSA) is 69.0 Å². The average Bonchev–Trinajstić information content (AvgIpc) is 3.40. The molecule has 1 N–H and O–H groups in total. The SMILES string of the molecule is O=C(CSc1nnc(-c2ccc(Cl)cc2)n1C[C@@H]1CCCO1)Nc1ccc(F)c(Cl)c1. The van der Waals surface area contributed by atoms with E-state index in [1.807, 2.05) is 16.7 Å². The Kier molecular flexibility index (Phi) is 7.12. The number of nitrogens with one attached hydrogen (secondary N) is 1. The number of amides is 1. The van der Waals surface area contributed by atoms with E-state index in [1.165, 1.54) is 30.0 Å². The second-order valence-corrected chi connectivity index (χ2v) is 8.81. The van der Waals surface area contributed by atoms with Crippen molar-refractivity contribution in [1.82, 2.24) is 14.8 Å². The minimum Gasteiger partial charge on any atom is -0.376 e. The van der Waals surface area contributed by atoms with Crippen LogP contribution in [0.15, 0.2) is 47.6 Å². The van der Waals surface area contributed by atoms with Gasteiger partial charge in [-0.3, -0.25) is 9.36 Å². The van der Waals surface area contributed by atoms with Crippen molar-refractivity contribution < 1.29 is 13.9 Å². The highest BCUT2D eigenvalue weighted by molar-refractivity contribution is 7.99. The van der Waals surface area contributed by atoms with Gasteiger partial charge in [0, 0.05) is 22.9 Å². The molecule has 10 heteroatoms. The number of carbonyl (C=O) groups is 1. The van der Waals surface area contributed by atoms with Crippen LogP contribution in [0.2, 0.25) is 10.0 Å². The van der Waals surface area contributed by atoms with E-state index in [2.05, 4.69) is 15.5 Å². The van der Waals surface area contributed by atoms with Gasteiger partial charge in [-0.05, 0) is 55.3 Å².